The van der Waals surface area contributed by atoms with E-state index in [4.69, 9.17) is 10.00 Å². The Kier molecular flexibility index (Phi) is 5.55. The van der Waals surface area contributed by atoms with E-state index in [0.717, 1.165) is 0 Å². The van der Waals surface area contributed by atoms with Crippen LogP contribution in [-0.2, 0) is 15.8 Å². The van der Waals surface area contributed by atoms with E-state index in [-0.39, 0.29) is 11.3 Å². The van der Waals surface area contributed by atoms with Gasteiger partial charge in [-0.1, -0.05) is 24.3 Å². The summed E-state index contributed by atoms with van der Waals surface area (Å²) in [4.78, 5) is 12.2. The fraction of sp³-hybridized carbons (Fsp3) is 0.176. The van der Waals surface area contributed by atoms with Gasteiger partial charge in [-0.15, -0.1) is 0 Å². The Bertz CT molecular complexity index is 868. The SMILES string of the molecule is CCOc1ccccc1C(=O)NS(=O)(=O)Cc1ccc(C#N)cc1. The monoisotopic (exact) mass is 344 g/mol. The van der Waals surface area contributed by atoms with Crippen LogP contribution in [0.25, 0.3) is 0 Å². The minimum atomic E-state index is -3.87. The maximum atomic E-state index is 12.2. The lowest BCUT2D eigenvalue weighted by molar-refractivity contribution is 0.0977. The van der Waals surface area contributed by atoms with E-state index in [9.17, 15) is 13.2 Å². The zero-order valence-corrected chi connectivity index (χ0v) is 13.8. The van der Waals surface area contributed by atoms with Gasteiger partial charge in [0.25, 0.3) is 5.91 Å². The Morgan fingerprint density at radius 2 is 1.83 bits per heavy atom. The van der Waals surface area contributed by atoms with Gasteiger partial charge in [-0.2, -0.15) is 5.26 Å². The summed E-state index contributed by atoms with van der Waals surface area (Å²) in [5.74, 6) is -0.778. The van der Waals surface area contributed by atoms with Gasteiger partial charge in [0, 0.05) is 0 Å². The molecule has 7 heteroatoms. The molecule has 124 valence electrons. The highest BCUT2D eigenvalue weighted by Gasteiger charge is 2.19. The van der Waals surface area contributed by atoms with E-state index in [0.29, 0.717) is 23.5 Å². The number of rotatable bonds is 6. The molecule has 0 radical (unpaired) electrons. The smallest absolute Gasteiger partial charge is 0.268 e. The standard InChI is InChI=1S/C17H16N2O4S/c1-2-23-16-6-4-3-5-15(16)17(20)19-24(21,22)12-14-9-7-13(11-18)8-10-14/h3-10H,2,12H2,1H3,(H,19,20). The Hall–Kier alpha value is -2.85. The van der Waals surface area contributed by atoms with Crippen molar-refractivity contribution >= 4 is 15.9 Å². The topological polar surface area (TPSA) is 96.3 Å². The minimum Gasteiger partial charge on any atom is -0.493 e. The second-order valence-electron chi connectivity index (χ2n) is 4.93. The van der Waals surface area contributed by atoms with E-state index in [1.165, 1.54) is 30.3 Å². The lowest BCUT2D eigenvalue weighted by Crippen LogP contribution is -2.31. The largest absolute Gasteiger partial charge is 0.493 e. The summed E-state index contributed by atoms with van der Waals surface area (Å²) in [6.45, 7) is 2.14. The molecule has 1 N–H and O–H groups in total. The van der Waals surface area contributed by atoms with Gasteiger partial charge in [-0.05, 0) is 36.8 Å². The number of hydrogen-bond donors (Lipinski definition) is 1. The lowest BCUT2D eigenvalue weighted by Gasteiger charge is -2.11. The molecule has 2 rings (SSSR count). The summed E-state index contributed by atoms with van der Waals surface area (Å²) in [7, 11) is -3.87. The average molecular weight is 344 g/mol. The van der Waals surface area contributed by atoms with E-state index < -0.39 is 15.9 Å². The van der Waals surface area contributed by atoms with Crippen molar-refractivity contribution in [2.75, 3.05) is 6.61 Å². The number of nitrogens with one attached hydrogen (secondary N) is 1. The predicted octanol–water partition coefficient (Wildman–Crippen LogP) is 2.22. The highest BCUT2D eigenvalue weighted by atomic mass is 32.2. The van der Waals surface area contributed by atoms with Gasteiger partial charge >= 0.3 is 0 Å². The molecule has 0 bridgehead atoms. The molecule has 24 heavy (non-hydrogen) atoms. The highest BCUT2D eigenvalue weighted by molar-refractivity contribution is 7.89. The van der Waals surface area contributed by atoms with Crippen LogP contribution < -0.4 is 9.46 Å². The van der Waals surface area contributed by atoms with Crippen molar-refractivity contribution in [3.63, 3.8) is 0 Å². The van der Waals surface area contributed by atoms with Crippen molar-refractivity contribution < 1.29 is 17.9 Å². The number of nitrogens with zero attached hydrogens (tertiary/aromatic N) is 1. The number of benzene rings is 2. The van der Waals surface area contributed by atoms with Gasteiger partial charge in [0.15, 0.2) is 0 Å². The van der Waals surface area contributed by atoms with Crippen molar-refractivity contribution in [3.8, 4) is 11.8 Å². The number of nitriles is 1. The molecule has 2 aromatic rings. The van der Waals surface area contributed by atoms with E-state index in [1.807, 2.05) is 10.8 Å². The molecule has 0 saturated carbocycles. The fourth-order valence-electron chi connectivity index (χ4n) is 2.06. The summed E-state index contributed by atoms with van der Waals surface area (Å²) in [5, 5.41) is 8.74. The third kappa shape index (κ3) is 4.57. The molecule has 0 aliphatic heterocycles. The summed E-state index contributed by atoms with van der Waals surface area (Å²) in [6.07, 6.45) is 0. The van der Waals surface area contributed by atoms with Gasteiger partial charge < -0.3 is 4.74 Å². The summed E-state index contributed by atoms with van der Waals surface area (Å²) in [5.41, 5.74) is 1.07. The number of para-hydroxylation sites is 1. The van der Waals surface area contributed by atoms with Crippen molar-refractivity contribution in [1.29, 1.82) is 5.26 Å². The number of hydrogen-bond acceptors (Lipinski definition) is 5. The Morgan fingerprint density at radius 3 is 2.46 bits per heavy atom. The van der Waals surface area contributed by atoms with Crippen LogP contribution in [0.4, 0.5) is 0 Å². The highest BCUT2D eigenvalue weighted by Crippen LogP contribution is 2.18. The van der Waals surface area contributed by atoms with Crippen LogP contribution in [0.15, 0.2) is 48.5 Å². The fourth-order valence-corrected chi connectivity index (χ4v) is 3.16. The first kappa shape index (κ1) is 17.5. The first-order chi connectivity index (χ1) is 11.4. The quantitative estimate of drug-likeness (QED) is 0.867. The van der Waals surface area contributed by atoms with Crippen molar-refractivity contribution in [2.45, 2.75) is 12.7 Å². The number of sulfonamides is 1. The Labute approximate surface area is 140 Å². The van der Waals surface area contributed by atoms with Gasteiger partial charge in [0.2, 0.25) is 10.0 Å². The number of amides is 1. The average Bonchev–Trinajstić information content (AvgIpc) is 2.55. The van der Waals surface area contributed by atoms with Crippen LogP contribution in [0.1, 0.15) is 28.4 Å². The third-order valence-electron chi connectivity index (χ3n) is 3.12. The Balaban J connectivity index is 2.13. The van der Waals surface area contributed by atoms with Gasteiger partial charge in [0.1, 0.15) is 5.75 Å². The molecule has 0 heterocycles. The van der Waals surface area contributed by atoms with Crippen molar-refractivity contribution in [2.24, 2.45) is 0 Å². The number of ether oxygens (including phenoxy) is 1. The molecule has 1 amide bonds. The molecular formula is C17H16N2O4S. The molecule has 0 unspecified atom stereocenters. The van der Waals surface area contributed by atoms with Crippen LogP contribution in [-0.4, -0.2) is 20.9 Å². The lowest BCUT2D eigenvalue weighted by atomic mass is 10.2. The maximum absolute atomic E-state index is 12.2. The second-order valence-corrected chi connectivity index (χ2v) is 6.65. The van der Waals surface area contributed by atoms with Crippen molar-refractivity contribution in [3.05, 3.63) is 65.2 Å². The molecule has 0 saturated heterocycles. The van der Waals surface area contributed by atoms with Gasteiger partial charge in [-0.25, -0.2) is 13.1 Å². The van der Waals surface area contributed by atoms with Gasteiger partial charge in [-0.3, -0.25) is 4.79 Å². The molecule has 2 aromatic carbocycles. The zero-order valence-electron chi connectivity index (χ0n) is 13.0. The van der Waals surface area contributed by atoms with Crippen LogP contribution in [0.2, 0.25) is 0 Å². The molecule has 0 aliphatic carbocycles. The normalized spacial score (nSPS) is 10.7. The molecular weight excluding hydrogens is 328 g/mol. The summed E-state index contributed by atoms with van der Waals surface area (Å²) < 4.78 is 31.7. The molecule has 6 nitrogen and oxygen atoms in total. The first-order valence-electron chi connectivity index (χ1n) is 7.21. The minimum absolute atomic E-state index is 0.155. The zero-order chi connectivity index (χ0) is 17.6. The number of carbonyl (C=O) groups excluding carboxylic acids is 1. The molecule has 0 aromatic heterocycles. The second kappa shape index (κ2) is 7.62. The Morgan fingerprint density at radius 1 is 1.17 bits per heavy atom. The third-order valence-corrected chi connectivity index (χ3v) is 4.33. The van der Waals surface area contributed by atoms with Crippen LogP contribution in [0, 0.1) is 11.3 Å². The van der Waals surface area contributed by atoms with E-state index >= 15 is 0 Å². The molecule has 0 aliphatic rings. The van der Waals surface area contributed by atoms with E-state index in [1.54, 1.807) is 25.1 Å². The first-order valence-corrected chi connectivity index (χ1v) is 8.86. The van der Waals surface area contributed by atoms with Crippen molar-refractivity contribution in [1.82, 2.24) is 4.72 Å². The maximum Gasteiger partial charge on any atom is 0.268 e. The number of carbonyl (C=O) groups is 1. The van der Waals surface area contributed by atoms with Crippen LogP contribution in [0.5, 0.6) is 5.75 Å². The summed E-state index contributed by atoms with van der Waals surface area (Å²) in [6, 6.07) is 14.5. The van der Waals surface area contributed by atoms with Crippen LogP contribution >= 0.6 is 0 Å². The molecule has 0 spiro atoms. The van der Waals surface area contributed by atoms with Gasteiger partial charge in [0.05, 0.1) is 29.6 Å². The molecule has 0 atom stereocenters. The summed E-state index contributed by atoms with van der Waals surface area (Å²) >= 11 is 0. The molecule has 0 fully saturated rings. The van der Waals surface area contributed by atoms with Crippen LogP contribution in [0.3, 0.4) is 0 Å². The predicted molar refractivity (Wildman–Crippen MR) is 88.9 cm³/mol. The van der Waals surface area contributed by atoms with E-state index in [2.05, 4.69) is 0 Å².